The van der Waals surface area contributed by atoms with Crippen LogP contribution in [0.25, 0.3) is 10.9 Å². The second kappa shape index (κ2) is 11.6. The molecule has 8 heteroatoms. The van der Waals surface area contributed by atoms with Gasteiger partial charge in [-0.15, -0.1) is 0 Å². The van der Waals surface area contributed by atoms with Gasteiger partial charge in [0, 0.05) is 59.7 Å². The number of nitrogens with zero attached hydrogens (tertiary/aromatic N) is 1. The summed E-state index contributed by atoms with van der Waals surface area (Å²) in [4.78, 5) is 14.7. The van der Waals surface area contributed by atoms with E-state index in [1.165, 1.54) is 17.6 Å². The van der Waals surface area contributed by atoms with E-state index in [1.807, 2.05) is 42.7 Å². The van der Waals surface area contributed by atoms with Crippen molar-refractivity contribution >= 4 is 34.6 Å². The summed E-state index contributed by atoms with van der Waals surface area (Å²) in [6.07, 6.45) is 4.29. The molecule has 31 heavy (non-hydrogen) atoms. The van der Waals surface area contributed by atoms with Crippen LogP contribution < -0.4 is 9.50 Å². The lowest BCUT2D eigenvalue weighted by Gasteiger charge is -2.13. The Morgan fingerprint density at radius 3 is 2.71 bits per heavy atom. The van der Waals surface area contributed by atoms with Gasteiger partial charge < -0.3 is 18.8 Å². The van der Waals surface area contributed by atoms with Crippen LogP contribution >= 0.6 is 12.0 Å². The largest absolute Gasteiger partial charge is 0.426 e. The molecule has 0 saturated carbocycles. The van der Waals surface area contributed by atoms with E-state index >= 15 is 0 Å². The second-order valence-corrected chi connectivity index (χ2v) is 7.50. The molecule has 3 rings (SSSR count). The first-order chi connectivity index (χ1) is 15.1. The van der Waals surface area contributed by atoms with E-state index in [-0.39, 0.29) is 6.42 Å². The predicted octanol–water partition coefficient (Wildman–Crippen LogP) is 5.18. The highest BCUT2D eigenvalue weighted by Gasteiger charge is 2.21. The third-order valence-corrected chi connectivity index (χ3v) is 5.27. The third-order valence-electron chi connectivity index (χ3n) is 4.91. The summed E-state index contributed by atoms with van der Waals surface area (Å²) >= 11 is 1.34. The Kier molecular flexibility index (Phi) is 8.61. The van der Waals surface area contributed by atoms with Gasteiger partial charge in [0.25, 0.3) is 0 Å². The highest BCUT2D eigenvalue weighted by atomic mass is 32.2. The van der Waals surface area contributed by atoms with Crippen molar-refractivity contribution in [3.63, 3.8) is 0 Å². The number of hydrogen-bond donors (Lipinski definition) is 1. The lowest BCUT2D eigenvalue weighted by molar-refractivity contribution is -0.196. The zero-order valence-corrected chi connectivity index (χ0v) is 18.5. The van der Waals surface area contributed by atoms with Crippen molar-refractivity contribution in [1.29, 1.82) is 0 Å². The summed E-state index contributed by atoms with van der Waals surface area (Å²) in [5.41, 5.74) is 3.05. The minimum Gasteiger partial charge on any atom is -0.426 e. The fraction of sp³-hybridized carbons (Fsp3) is 0.348. The van der Waals surface area contributed by atoms with Crippen LogP contribution in [0.15, 0.2) is 54.7 Å². The van der Waals surface area contributed by atoms with Crippen LogP contribution in [0.2, 0.25) is 0 Å². The van der Waals surface area contributed by atoms with Crippen LogP contribution in [0.3, 0.4) is 0 Å². The molecule has 0 saturated heterocycles. The Morgan fingerprint density at radius 1 is 1.19 bits per heavy atom. The molecule has 6 nitrogen and oxygen atoms in total. The van der Waals surface area contributed by atoms with Crippen LogP contribution in [0.4, 0.5) is 10.2 Å². The van der Waals surface area contributed by atoms with Crippen LogP contribution in [0.5, 0.6) is 5.75 Å². The zero-order chi connectivity index (χ0) is 22.1. The number of carbonyl (C=O) groups is 1. The quantitative estimate of drug-likeness (QED) is 0.306. The number of rotatable bonds is 12. The number of benzene rings is 2. The maximum Gasteiger partial charge on any atom is 0.377 e. The Bertz CT molecular complexity index is 977. The average Bonchev–Trinajstić information content (AvgIpc) is 3.19. The number of carbonyl (C=O) groups excluding carboxylic acids is 1. The smallest absolute Gasteiger partial charge is 0.377 e. The van der Waals surface area contributed by atoms with Crippen molar-refractivity contribution in [3.05, 3.63) is 60.3 Å². The van der Waals surface area contributed by atoms with Gasteiger partial charge in [0.05, 0.1) is 12.0 Å². The molecule has 166 valence electrons. The number of aromatic nitrogens is 1. The first-order valence-electron chi connectivity index (χ1n) is 10.2. The lowest BCUT2D eigenvalue weighted by atomic mass is 10.1. The maximum atomic E-state index is 12.2. The van der Waals surface area contributed by atoms with E-state index in [4.69, 9.17) is 8.92 Å². The van der Waals surface area contributed by atoms with Crippen molar-refractivity contribution in [2.45, 2.75) is 32.4 Å². The molecule has 3 aromatic rings. The molecular formula is C23H27FN2O4S. The van der Waals surface area contributed by atoms with E-state index in [2.05, 4.69) is 33.2 Å². The summed E-state index contributed by atoms with van der Waals surface area (Å²) in [5.74, 6) is -0.147. The second-order valence-electron chi connectivity index (χ2n) is 7.00. The molecule has 0 spiro atoms. The Balaban J connectivity index is 1.47. The SMILES string of the molecule is CCOC(Cc1ccc(NCCCn2ccc3cc(OSC)ccc32)cc1)C(=O)OF. The summed E-state index contributed by atoms with van der Waals surface area (Å²) < 4.78 is 25.2. The summed E-state index contributed by atoms with van der Waals surface area (Å²) in [5, 5.41) is 4.57. The number of hydrogen-bond acceptors (Lipinski definition) is 6. The van der Waals surface area contributed by atoms with Gasteiger partial charge >= 0.3 is 5.97 Å². The van der Waals surface area contributed by atoms with Gasteiger partial charge in [-0.2, -0.15) is 0 Å². The maximum absolute atomic E-state index is 12.2. The molecule has 0 aliphatic rings. The minimum absolute atomic E-state index is 0.265. The first kappa shape index (κ1) is 23.0. The van der Waals surface area contributed by atoms with E-state index in [0.717, 1.165) is 41.9 Å². The molecule has 1 heterocycles. The van der Waals surface area contributed by atoms with Gasteiger partial charge in [0.15, 0.2) is 6.10 Å². The standard InChI is InChI=1S/C23H27FN2O4S/c1-3-28-22(23(27)29-24)15-17-5-7-19(8-6-17)25-12-4-13-26-14-11-18-16-20(30-31-2)9-10-21(18)26/h5-11,14,16,22,25H,3-4,12-13,15H2,1-2H3. The Labute approximate surface area is 185 Å². The topological polar surface area (TPSA) is 61.7 Å². The molecule has 0 radical (unpaired) electrons. The van der Waals surface area contributed by atoms with E-state index in [1.54, 1.807) is 6.92 Å². The molecule has 0 aliphatic carbocycles. The van der Waals surface area contributed by atoms with E-state index in [0.29, 0.717) is 6.61 Å². The molecule has 1 unspecified atom stereocenters. The predicted molar refractivity (Wildman–Crippen MR) is 122 cm³/mol. The fourth-order valence-corrected chi connectivity index (χ4v) is 3.73. The number of aryl methyl sites for hydroxylation is 1. The molecule has 1 N–H and O–H groups in total. The Morgan fingerprint density at radius 2 is 2.00 bits per heavy atom. The van der Waals surface area contributed by atoms with Crippen molar-refractivity contribution in [1.82, 2.24) is 4.57 Å². The van der Waals surface area contributed by atoms with Gasteiger partial charge in [-0.1, -0.05) is 12.1 Å². The average molecular weight is 447 g/mol. The highest BCUT2D eigenvalue weighted by molar-refractivity contribution is 7.94. The molecular weight excluding hydrogens is 419 g/mol. The third kappa shape index (κ3) is 6.38. The molecule has 0 fully saturated rings. The van der Waals surface area contributed by atoms with Crippen molar-refractivity contribution < 1.29 is 23.2 Å². The monoisotopic (exact) mass is 446 g/mol. The van der Waals surface area contributed by atoms with E-state index < -0.39 is 12.1 Å². The minimum atomic E-state index is -1.01. The highest BCUT2D eigenvalue weighted by Crippen LogP contribution is 2.24. The van der Waals surface area contributed by atoms with Crippen molar-refractivity contribution in [2.75, 3.05) is 24.7 Å². The number of nitrogens with one attached hydrogen (secondary N) is 1. The number of anilines is 1. The summed E-state index contributed by atoms with van der Waals surface area (Å²) in [6.45, 7) is 3.78. The van der Waals surface area contributed by atoms with Crippen LogP contribution in [0.1, 0.15) is 18.9 Å². The molecule has 0 bridgehead atoms. The molecule has 0 aliphatic heterocycles. The van der Waals surface area contributed by atoms with Crippen molar-refractivity contribution in [2.24, 2.45) is 0 Å². The molecule has 2 aromatic carbocycles. The number of fused-ring (bicyclic) bond motifs is 1. The van der Waals surface area contributed by atoms with Crippen LogP contribution in [-0.4, -0.2) is 36.0 Å². The molecule has 1 aromatic heterocycles. The van der Waals surface area contributed by atoms with Crippen LogP contribution in [0, 0.1) is 0 Å². The Hall–Kier alpha value is -2.71. The molecule has 0 amide bonds. The van der Waals surface area contributed by atoms with Gasteiger partial charge in [-0.25, -0.2) is 4.79 Å². The van der Waals surface area contributed by atoms with Crippen LogP contribution in [-0.2, 0) is 27.4 Å². The first-order valence-corrected chi connectivity index (χ1v) is 11.4. The normalized spacial score (nSPS) is 12.0. The van der Waals surface area contributed by atoms with Gasteiger partial charge in [0.2, 0.25) is 0 Å². The summed E-state index contributed by atoms with van der Waals surface area (Å²) in [7, 11) is 0. The van der Waals surface area contributed by atoms with Gasteiger partial charge in [-0.3, -0.25) is 4.94 Å². The van der Waals surface area contributed by atoms with Gasteiger partial charge in [0.1, 0.15) is 5.75 Å². The number of ether oxygens (including phenoxy) is 1. The molecule has 1 atom stereocenters. The van der Waals surface area contributed by atoms with Gasteiger partial charge in [-0.05, 0) is 55.3 Å². The number of halogens is 1. The lowest BCUT2D eigenvalue weighted by Crippen LogP contribution is -2.27. The summed E-state index contributed by atoms with van der Waals surface area (Å²) in [6, 6.07) is 15.9. The van der Waals surface area contributed by atoms with E-state index in [9.17, 15) is 9.32 Å². The fourth-order valence-electron chi connectivity index (χ4n) is 3.44. The van der Waals surface area contributed by atoms with Crippen molar-refractivity contribution in [3.8, 4) is 5.75 Å². The zero-order valence-electron chi connectivity index (χ0n) is 17.7.